The van der Waals surface area contributed by atoms with Gasteiger partial charge in [-0.05, 0) is 58.4 Å². The van der Waals surface area contributed by atoms with Gasteiger partial charge in [-0.2, -0.15) is 0 Å². The first-order valence-electron chi connectivity index (χ1n) is 14.3. The van der Waals surface area contributed by atoms with Crippen LogP contribution in [-0.4, -0.2) is 21.3 Å². The first-order valence-corrected chi connectivity index (χ1v) is 15.1. The van der Waals surface area contributed by atoms with Crippen molar-refractivity contribution in [3.8, 4) is 27.4 Å². The number of fused-ring (bicyclic) bond motifs is 2. The minimum absolute atomic E-state index is 0.0625. The van der Waals surface area contributed by atoms with Crippen molar-refractivity contribution in [1.29, 1.82) is 0 Å². The average molecular weight is 570 g/mol. The molecule has 6 aromatic rings. The van der Waals surface area contributed by atoms with E-state index in [9.17, 15) is 5.11 Å². The molecule has 2 aromatic heterocycles. The number of rotatable bonds is 4. The molecular formula is C37H35N3OS. The van der Waals surface area contributed by atoms with Crippen LogP contribution in [0.1, 0.15) is 58.2 Å². The Morgan fingerprint density at radius 3 is 2.29 bits per heavy atom. The zero-order chi connectivity index (χ0) is 29.6. The van der Waals surface area contributed by atoms with E-state index in [-0.39, 0.29) is 16.6 Å². The van der Waals surface area contributed by atoms with E-state index in [0.29, 0.717) is 0 Å². The predicted octanol–water partition coefficient (Wildman–Crippen LogP) is 10.2. The lowest BCUT2D eigenvalue weighted by molar-refractivity contribution is 0.444. The highest BCUT2D eigenvalue weighted by Gasteiger charge is 2.24. The van der Waals surface area contributed by atoms with Crippen molar-refractivity contribution in [3.63, 3.8) is 0 Å². The van der Waals surface area contributed by atoms with E-state index in [0.717, 1.165) is 59.6 Å². The van der Waals surface area contributed by atoms with Gasteiger partial charge in [0.25, 0.3) is 0 Å². The maximum atomic E-state index is 11.3. The highest BCUT2D eigenvalue weighted by molar-refractivity contribution is 7.21. The molecule has 0 bridgehead atoms. The van der Waals surface area contributed by atoms with Crippen LogP contribution in [0.3, 0.4) is 0 Å². The number of nitrogens with zero attached hydrogens (tertiary/aromatic N) is 3. The monoisotopic (exact) mass is 569 g/mol. The highest BCUT2D eigenvalue weighted by Crippen LogP contribution is 2.41. The Hall–Kier alpha value is -4.35. The van der Waals surface area contributed by atoms with Crippen molar-refractivity contribution in [1.82, 2.24) is 9.97 Å². The third-order valence-corrected chi connectivity index (χ3v) is 8.70. The van der Waals surface area contributed by atoms with Gasteiger partial charge in [-0.25, -0.2) is 4.98 Å². The number of aromatic hydroxyl groups is 1. The number of thiazole rings is 1. The lowest BCUT2D eigenvalue weighted by Crippen LogP contribution is -2.17. The molecule has 0 aliphatic carbocycles. The summed E-state index contributed by atoms with van der Waals surface area (Å²) in [5.41, 5.74) is 8.47. The van der Waals surface area contributed by atoms with Gasteiger partial charge in [0.1, 0.15) is 10.8 Å². The quantitative estimate of drug-likeness (QED) is 0.215. The van der Waals surface area contributed by atoms with Gasteiger partial charge in [0.05, 0.1) is 21.4 Å². The fourth-order valence-corrected chi connectivity index (χ4v) is 6.30. The number of aromatic nitrogens is 2. The van der Waals surface area contributed by atoms with E-state index < -0.39 is 0 Å². The molecule has 6 rings (SSSR count). The maximum Gasteiger partial charge on any atom is 0.128 e. The third kappa shape index (κ3) is 5.21. The molecule has 0 radical (unpaired) electrons. The Bertz CT molecular complexity index is 1970. The van der Waals surface area contributed by atoms with Crippen LogP contribution in [0.4, 0.5) is 5.69 Å². The molecule has 1 N–H and O–H groups in total. The van der Waals surface area contributed by atoms with Crippen molar-refractivity contribution in [2.24, 2.45) is 4.99 Å². The summed E-state index contributed by atoms with van der Waals surface area (Å²) in [5, 5.41) is 13.3. The van der Waals surface area contributed by atoms with E-state index in [4.69, 9.17) is 9.98 Å². The fraction of sp³-hybridized carbons (Fsp3) is 0.216. The van der Waals surface area contributed by atoms with Crippen molar-refractivity contribution >= 4 is 44.4 Å². The third-order valence-electron chi connectivity index (χ3n) is 7.65. The number of pyridine rings is 1. The second-order valence-corrected chi connectivity index (χ2v) is 13.8. The van der Waals surface area contributed by atoms with Gasteiger partial charge < -0.3 is 5.11 Å². The summed E-state index contributed by atoms with van der Waals surface area (Å²) in [5.74, 6) is 0.283. The Kier molecular flexibility index (Phi) is 6.94. The first-order chi connectivity index (χ1) is 20.0. The number of hydrogen-bond donors (Lipinski definition) is 1. The Labute approximate surface area is 251 Å². The van der Waals surface area contributed by atoms with Crippen LogP contribution in [0.2, 0.25) is 0 Å². The van der Waals surface area contributed by atoms with Gasteiger partial charge in [0, 0.05) is 40.1 Å². The molecule has 0 saturated heterocycles. The molecule has 210 valence electrons. The van der Waals surface area contributed by atoms with Crippen LogP contribution in [0.15, 0.2) is 96.1 Å². The largest absolute Gasteiger partial charge is 0.507 e. The normalized spacial score (nSPS) is 12.5. The van der Waals surface area contributed by atoms with Crippen LogP contribution in [0, 0.1) is 0 Å². The standard InChI is InChI=1S/C37H35N3OS/c1-36(2,3)24-20-23(34(41)29(21-24)37(4,5)6)22-39-31-16-10-8-13-28(31)35-40-33-27(14-11-17-32(33)42-35)25-18-19-38-30-15-9-7-12-26(25)30/h7-22,41H,1-6H3. The molecule has 2 heterocycles. The lowest BCUT2D eigenvalue weighted by Gasteiger charge is -2.27. The Balaban J connectivity index is 1.45. The minimum atomic E-state index is -0.204. The second-order valence-electron chi connectivity index (χ2n) is 12.8. The molecular weight excluding hydrogens is 534 g/mol. The zero-order valence-corrected chi connectivity index (χ0v) is 25.8. The van der Waals surface area contributed by atoms with E-state index in [1.807, 2.05) is 42.6 Å². The first kappa shape index (κ1) is 27.8. The topological polar surface area (TPSA) is 58.4 Å². The van der Waals surface area contributed by atoms with E-state index in [1.54, 1.807) is 17.6 Å². The number of hydrogen-bond acceptors (Lipinski definition) is 5. The maximum absolute atomic E-state index is 11.3. The summed E-state index contributed by atoms with van der Waals surface area (Å²) < 4.78 is 1.12. The molecule has 42 heavy (non-hydrogen) atoms. The summed E-state index contributed by atoms with van der Waals surface area (Å²) in [7, 11) is 0. The molecule has 0 atom stereocenters. The molecule has 0 amide bonds. The molecule has 4 nitrogen and oxygen atoms in total. The van der Waals surface area contributed by atoms with Crippen LogP contribution in [0.25, 0.3) is 42.8 Å². The van der Waals surface area contributed by atoms with Gasteiger partial charge in [-0.3, -0.25) is 9.98 Å². The fourth-order valence-electron chi connectivity index (χ4n) is 5.28. The van der Waals surface area contributed by atoms with Gasteiger partial charge >= 0.3 is 0 Å². The summed E-state index contributed by atoms with van der Waals surface area (Å²) in [6.07, 6.45) is 3.66. The van der Waals surface area contributed by atoms with E-state index in [1.165, 1.54) is 5.56 Å². The van der Waals surface area contributed by atoms with Gasteiger partial charge in [0.15, 0.2) is 0 Å². The van der Waals surface area contributed by atoms with Gasteiger partial charge in [0.2, 0.25) is 0 Å². The average Bonchev–Trinajstić information content (AvgIpc) is 3.40. The van der Waals surface area contributed by atoms with Crippen LogP contribution < -0.4 is 0 Å². The van der Waals surface area contributed by atoms with Crippen LogP contribution in [-0.2, 0) is 10.8 Å². The molecule has 0 spiro atoms. The molecule has 0 aliphatic heterocycles. The zero-order valence-electron chi connectivity index (χ0n) is 24.9. The summed E-state index contributed by atoms with van der Waals surface area (Å²) in [6, 6.07) is 28.9. The van der Waals surface area contributed by atoms with Crippen molar-refractivity contribution in [2.75, 3.05) is 0 Å². The Morgan fingerprint density at radius 2 is 1.50 bits per heavy atom. The minimum Gasteiger partial charge on any atom is -0.507 e. The lowest BCUT2D eigenvalue weighted by atomic mass is 9.79. The SMILES string of the molecule is CC(C)(C)c1cc(C=Nc2ccccc2-c2nc3c(-c4ccnc5ccccc45)cccc3s2)c(O)c(C(C)(C)C)c1. The number of para-hydroxylation sites is 3. The molecule has 0 aliphatic rings. The molecule has 4 aromatic carbocycles. The second kappa shape index (κ2) is 10.5. The molecule has 0 fully saturated rings. The highest BCUT2D eigenvalue weighted by atomic mass is 32.1. The van der Waals surface area contributed by atoms with Crippen LogP contribution >= 0.6 is 11.3 Å². The predicted molar refractivity (Wildman–Crippen MR) is 179 cm³/mol. The van der Waals surface area contributed by atoms with Crippen molar-refractivity contribution in [2.45, 2.75) is 52.4 Å². The molecule has 0 saturated carbocycles. The summed E-state index contributed by atoms with van der Waals surface area (Å²) in [6.45, 7) is 13.0. The number of benzene rings is 4. The number of phenolic OH excluding ortho intramolecular Hbond substituents is 1. The van der Waals surface area contributed by atoms with Gasteiger partial charge in [-0.1, -0.05) is 90.1 Å². The van der Waals surface area contributed by atoms with E-state index in [2.05, 4.69) is 95.1 Å². The number of phenols is 1. The van der Waals surface area contributed by atoms with Crippen molar-refractivity contribution < 1.29 is 5.11 Å². The molecule has 5 heteroatoms. The van der Waals surface area contributed by atoms with Gasteiger partial charge in [-0.15, -0.1) is 11.3 Å². The van der Waals surface area contributed by atoms with Crippen molar-refractivity contribution in [3.05, 3.63) is 108 Å². The smallest absolute Gasteiger partial charge is 0.128 e. The molecule has 0 unspecified atom stereocenters. The summed E-state index contributed by atoms with van der Waals surface area (Å²) in [4.78, 5) is 14.6. The number of aliphatic imine (C=N–C) groups is 1. The van der Waals surface area contributed by atoms with E-state index >= 15 is 0 Å². The van der Waals surface area contributed by atoms with Crippen LogP contribution in [0.5, 0.6) is 5.75 Å². The Morgan fingerprint density at radius 1 is 0.762 bits per heavy atom. The summed E-state index contributed by atoms with van der Waals surface area (Å²) >= 11 is 1.67.